The first-order chi connectivity index (χ1) is 8.19. The van der Waals surface area contributed by atoms with Crippen molar-refractivity contribution in [3.8, 4) is 0 Å². The topological polar surface area (TPSA) is 21.3 Å². The summed E-state index contributed by atoms with van der Waals surface area (Å²) in [4.78, 5) is 0. The number of hydrogen-bond donors (Lipinski definition) is 1. The lowest BCUT2D eigenvalue weighted by Crippen LogP contribution is -2.29. The van der Waals surface area contributed by atoms with Gasteiger partial charge in [0.25, 0.3) is 0 Å². The van der Waals surface area contributed by atoms with E-state index in [1.165, 1.54) is 22.1 Å². The van der Waals surface area contributed by atoms with E-state index in [2.05, 4.69) is 62.0 Å². The van der Waals surface area contributed by atoms with E-state index in [9.17, 15) is 0 Å². The van der Waals surface area contributed by atoms with E-state index in [1.807, 2.05) is 7.11 Å². The summed E-state index contributed by atoms with van der Waals surface area (Å²) in [7, 11) is 1.81. The molecule has 4 heteroatoms. The molecule has 0 aliphatic heterocycles. The maximum absolute atomic E-state index is 5.39. The van der Waals surface area contributed by atoms with Crippen molar-refractivity contribution in [3.63, 3.8) is 0 Å². The molecule has 94 valence electrons. The molecule has 17 heavy (non-hydrogen) atoms. The van der Waals surface area contributed by atoms with Crippen LogP contribution in [0.15, 0.2) is 22.7 Å². The lowest BCUT2D eigenvalue weighted by molar-refractivity contribution is 0.0682. The second-order valence-electron chi connectivity index (χ2n) is 4.48. The number of methoxy groups -OCH3 is 1. The van der Waals surface area contributed by atoms with Gasteiger partial charge in [-0.15, -0.1) is 0 Å². The molecule has 1 saturated carbocycles. The fourth-order valence-corrected chi connectivity index (χ4v) is 3.68. The number of hydrogen-bond acceptors (Lipinski definition) is 2. The summed E-state index contributed by atoms with van der Waals surface area (Å²) in [5.74, 6) is 0. The molecule has 0 aromatic heterocycles. The van der Waals surface area contributed by atoms with E-state index in [0.717, 1.165) is 17.3 Å². The molecule has 0 saturated heterocycles. The van der Waals surface area contributed by atoms with Gasteiger partial charge in [-0.2, -0.15) is 0 Å². The Bertz CT molecular complexity index is 378. The summed E-state index contributed by atoms with van der Waals surface area (Å²) in [6, 6.07) is 7.00. The molecule has 1 aliphatic carbocycles. The fraction of sp³-hybridized carbons (Fsp3) is 0.538. The standard InChI is InChI=1S/C13H17BrINO/c1-17-11-5-3-10(4-6-11)16-13-7-2-9(15)8-12(13)14/h2,7-8,10-11,16H,3-6H2,1H3. The average molecular weight is 410 g/mol. The summed E-state index contributed by atoms with van der Waals surface area (Å²) in [6.45, 7) is 0. The minimum atomic E-state index is 0.466. The minimum Gasteiger partial charge on any atom is -0.381 e. The van der Waals surface area contributed by atoms with Crippen LogP contribution in [0.25, 0.3) is 0 Å². The van der Waals surface area contributed by atoms with Crippen molar-refractivity contribution >= 4 is 44.2 Å². The Labute approximate surface area is 125 Å². The third-order valence-corrected chi connectivity index (χ3v) is 4.63. The van der Waals surface area contributed by atoms with Crippen LogP contribution in [0.1, 0.15) is 25.7 Å². The van der Waals surface area contributed by atoms with Crippen molar-refractivity contribution in [3.05, 3.63) is 26.2 Å². The number of halogens is 2. The number of benzene rings is 1. The predicted molar refractivity (Wildman–Crippen MR) is 83.5 cm³/mol. The Morgan fingerprint density at radius 2 is 2.00 bits per heavy atom. The smallest absolute Gasteiger partial charge is 0.0572 e. The number of anilines is 1. The fourth-order valence-electron chi connectivity index (χ4n) is 2.27. The van der Waals surface area contributed by atoms with Crippen LogP contribution in [-0.4, -0.2) is 19.3 Å². The first-order valence-corrected chi connectivity index (χ1v) is 7.80. The Balaban J connectivity index is 1.93. The van der Waals surface area contributed by atoms with E-state index in [0.29, 0.717) is 12.1 Å². The quantitative estimate of drug-likeness (QED) is 0.746. The molecule has 1 aromatic carbocycles. The van der Waals surface area contributed by atoms with Gasteiger partial charge in [0.05, 0.1) is 6.10 Å². The molecule has 0 amide bonds. The molecule has 1 aromatic rings. The van der Waals surface area contributed by atoms with Gasteiger partial charge in [0.2, 0.25) is 0 Å². The zero-order chi connectivity index (χ0) is 12.3. The van der Waals surface area contributed by atoms with Crippen molar-refractivity contribution < 1.29 is 4.74 Å². The van der Waals surface area contributed by atoms with E-state index in [1.54, 1.807) is 0 Å². The molecular weight excluding hydrogens is 393 g/mol. The van der Waals surface area contributed by atoms with E-state index in [-0.39, 0.29) is 0 Å². The second-order valence-corrected chi connectivity index (χ2v) is 6.58. The molecule has 1 N–H and O–H groups in total. The number of nitrogens with one attached hydrogen (secondary N) is 1. The zero-order valence-electron chi connectivity index (χ0n) is 9.88. The molecule has 0 unspecified atom stereocenters. The van der Waals surface area contributed by atoms with E-state index in [4.69, 9.17) is 4.74 Å². The molecule has 0 atom stereocenters. The summed E-state index contributed by atoms with van der Waals surface area (Å²) in [5, 5.41) is 3.62. The second kappa shape index (κ2) is 6.38. The highest BCUT2D eigenvalue weighted by molar-refractivity contribution is 14.1. The summed E-state index contributed by atoms with van der Waals surface area (Å²) < 4.78 is 7.80. The van der Waals surface area contributed by atoms with Crippen molar-refractivity contribution in [2.24, 2.45) is 0 Å². The van der Waals surface area contributed by atoms with Crippen molar-refractivity contribution in [1.29, 1.82) is 0 Å². The molecule has 0 spiro atoms. The molecule has 0 heterocycles. The molecule has 1 fully saturated rings. The highest BCUT2D eigenvalue weighted by atomic mass is 127. The molecule has 1 aliphatic rings. The van der Waals surface area contributed by atoms with Gasteiger partial charge in [-0.3, -0.25) is 0 Å². The maximum atomic E-state index is 5.39. The number of ether oxygens (including phenoxy) is 1. The van der Waals surface area contributed by atoms with Gasteiger partial charge in [-0.1, -0.05) is 0 Å². The first-order valence-electron chi connectivity index (χ1n) is 5.93. The van der Waals surface area contributed by atoms with Crippen LogP contribution in [0.3, 0.4) is 0 Å². The van der Waals surface area contributed by atoms with Gasteiger partial charge in [0, 0.05) is 26.9 Å². The van der Waals surface area contributed by atoms with Crippen LogP contribution in [0.5, 0.6) is 0 Å². The van der Waals surface area contributed by atoms with Gasteiger partial charge < -0.3 is 10.1 Å². The Kier molecular flexibility index (Phi) is 5.11. The Hall–Kier alpha value is 0.190. The lowest BCUT2D eigenvalue weighted by atomic mass is 9.93. The Morgan fingerprint density at radius 3 is 2.59 bits per heavy atom. The summed E-state index contributed by atoms with van der Waals surface area (Å²) >= 11 is 5.93. The zero-order valence-corrected chi connectivity index (χ0v) is 13.6. The van der Waals surface area contributed by atoms with Crippen LogP contribution in [0.4, 0.5) is 5.69 Å². The third kappa shape index (κ3) is 3.83. The van der Waals surface area contributed by atoms with Crippen LogP contribution in [0, 0.1) is 3.57 Å². The van der Waals surface area contributed by atoms with Crippen LogP contribution in [0.2, 0.25) is 0 Å². The highest BCUT2D eigenvalue weighted by Crippen LogP contribution is 2.28. The molecule has 0 radical (unpaired) electrons. The average Bonchev–Trinajstić information content (AvgIpc) is 2.34. The van der Waals surface area contributed by atoms with Crippen LogP contribution < -0.4 is 5.32 Å². The minimum absolute atomic E-state index is 0.466. The van der Waals surface area contributed by atoms with Gasteiger partial charge in [-0.25, -0.2) is 0 Å². The first kappa shape index (κ1) is 13.6. The number of rotatable bonds is 3. The molecule has 2 rings (SSSR count). The maximum Gasteiger partial charge on any atom is 0.0572 e. The van der Waals surface area contributed by atoms with E-state index < -0.39 is 0 Å². The monoisotopic (exact) mass is 409 g/mol. The third-order valence-electron chi connectivity index (χ3n) is 3.30. The lowest BCUT2D eigenvalue weighted by Gasteiger charge is -2.29. The molecular formula is C13H17BrINO. The van der Waals surface area contributed by atoms with Crippen molar-refractivity contribution in [1.82, 2.24) is 0 Å². The van der Waals surface area contributed by atoms with Gasteiger partial charge in [0.15, 0.2) is 0 Å². The highest BCUT2D eigenvalue weighted by Gasteiger charge is 2.20. The molecule has 0 bridgehead atoms. The van der Waals surface area contributed by atoms with Crippen LogP contribution in [-0.2, 0) is 4.74 Å². The normalized spacial score (nSPS) is 24.6. The van der Waals surface area contributed by atoms with Crippen molar-refractivity contribution in [2.75, 3.05) is 12.4 Å². The SMILES string of the molecule is COC1CCC(Nc2ccc(I)cc2Br)CC1. The molecule has 2 nitrogen and oxygen atoms in total. The predicted octanol–water partition coefficient (Wildman–Crippen LogP) is 4.42. The Morgan fingerprint density at radius 1 is 1.29 bits per heavy atom. The van der Waals surface area contributed by atoms with Gasteiger partial charge in [0.1, 0.15) is 0 Å². The van der Waals surface area contributed by atoms with Crippen LogP contribution >= 0.6 is 38.5 Å². The van der Waals surface area contributed by atoms with E-state index >= 15 is 0 Å². The van der Waals surface area contributed by atoms with Crippen molar-refractivity contribution in [2.45, 2.75) is 37.8 Å². The van der Waals surface area contributed by atoms with Gasteiger partial charge >= 0.3 is 0 Å². The summed E-state index contributed by atoms with van der Waals surface area (Å²) in [6.07, 6.45) is 5.17. The van der Waals surface area contributed by atoms with Gasteiger partial charge in [-0.05, 0) is 82.4 Å². The summed E-state index contributed by atoms with van der Waals surface area (Å²) in [5.41, 5.74) is 1.20. The largest absolute Gasteiger partial charge is 0.381 e.